The summed E-state index contributed by atoms with van der Waals surface area (Å²) in [7, 11) is 0. The molecule has 0 atom stereocenters. The van der Waals surface area contributed by atoms with Crippen LogP contribution in [0.4, 0.5) is 34.1 Å². The van der Waals surface area contributed by atoms with E-state index in [-0.39, 0.29) is 23.0 Å². The molecule has 0 fully saturated rings. The molecule has 73 heavy (non-hydrogen) atoms. The Morgan fingerprint density at radius 2 is 0.740 bits per heavy atom. The fourth-order valence-corrected chi connectivity index (χ4v) is 12.0. The van der Waals surface area contributed by atoms with Crippen molar-refractivity contribution in [2.45, 2.75) is 99.3 Å². The highest BCUT2D eigenvalue weighted by Gasteiger charge is 2.45. The third-order valence-corrected chi connectivity index (χ3v) is 16.0. The summed E-state index contributed by atoms with van der Waals surface area (Å²) in [6.07, 6.45) is 0. The van der Waals surface area contributed by atoms with Crippen LogP contribution in [0.15, 0.2) is 182 Å². The van der Waals surface area contributed by atoms with E-state index in [0.717, 1.165) is 5.69 Å². The molecule has 0 amide bonds. The Bertz CT molecular complexity index is 3810. The van der Waals surface area contributed by atoms with Crippen LogP contribution in [-0.2, 0) is 16.2 Å². The van der Waals surface area contributed by atoms with Crippen LogP contribution in [0.1, 0.15) is 95.7 Å². The molecular weight excluding hydrogens is 882 g/mol. The van der Waals surface area contributed by atoms with Gasteiger partial charge in [0.1, 0.15) is 0 Å². The van der Waals surface area contributed by atoms with Crippen LogP contribution in [0.2, 0.25) is 0 Å². The average molecular weight is 948 g/mol. The van der Waals surface area contributed by atoms with Gasteiger partial charge in [0.2, 0.25) is 0 Å². The van der Waals surface area contributed by atoms with Crippen LogP contribution >= 0.6 is 0 Å². The Labute approximate surface area is 433 Å². The van der Waals surface area contributed by atoms with E-state index >= 15 is 0 Å². The van der Waals surface area contributed by atoms with Crippen molar-refractivity contribution in [1.29, 1.82) is 0 Å². The van der Waals surface area contributed by atoms with Crippen LogP contribution in [0.3, 0.4) is 0 Å². The molecule has 1 aromatic heterocycles. The minimum absolute atomic E-state index is 0.0596. The lowest BCUT2D eigenvalue weighted by Gasteiger charge is -2.46. The second-order valence-corrected chi connectivity index (χ2v) is 24.1. The number of rotatable bonds is 5. The van der Waals surface area contributed by atoms with Crippen molar-refractivity contribution >= 4 is 79.0 Å². The normalized spacial score (nSPS) is 13.4. The van der Waals surface area contributed by atoms with Gasteiger partial charge in [-0.05, 0) is 153 Å². The monoisotopic (exact) mass is 948 g/mol. The summed E-state index contributed by atoms with van der Waals surface area (Å²) in [5.41, 5.74) is 27.1. The van der Waals surface area contributed by atoms with Crippen molar-refractivity contribution in [3.63, 3.8) is 0 Å². The molecule has 3 heterocycles. The number of aromatic nitrogens is 1. The summed E-state index contributed by atoms with van der Waals surface area (Å²) >= 11 is 0. The lowest BCUT2D eigenvalue weighted by atomic mass is 9.33. The molecule has 0 radical (unpaired) electrons. The van der Waals surface area contributed by atoms with Gasteiger partial charge in [-0.15, -0.1) is 0 Å². The van der Waals surface area contributed by atoms with Gasteiger partial charge in [-0.2, -0.15) is 0 Å². The SMILES string of the molecule is Cc1ccc(N2c3ccc(C(C)(C)C)cc3B3c4cc(C(C)(C)C)ccc4N(c4ccc(C(C)(C)C)cc4-c4ccccc4C)c4cc(-n5c6ccccc6c6ccccc65)cc2c43)c(-c2ccccc2C)c1. The highest BCUT2D eigenvalue weighted by molar-refractivity contribution is 7.00. The van der Waals surface area contributed by atoms with Gasteiger partial charge in [0.15, 0.2) is 0 Å². The van der Waals surface area contributed by atoms with E-state index in [0.29, 0.717) is 0 Å². The summed E-state index contributed by atoms with van der Waals surface area (Å²) in [6.45, 7) is 27.8. The van der Waals surface area contributed by atoms with Crippen molar-refractivity contribution < 1.29 is 0 Å². The van der Waals surface area contributed by atoms with Gasteiger partial charge in [0.25, 0.3) is 6.71 Å². The van der Waals surface area contributed by atoms with Crippen molar-refractivity contribution in [3.8, 4) is 27.9 Å². The molecule has 2 aliphatic heterocycles. The predicted octanol–water partition coefficient (Wildman–Crippen LogP) is 17.0. The zero-order valence-corrected chi connectivity index (χ0v) is 44.7. The molecule has 12 rings (SSSR count). The number of para-hydroxylation sites is 2. The molecule has 360 valence electrons. The van der Waals surface area contributed by atoms with E-state index in [4.69, 9.17) is 0 Å². The van der Waals surface area contributed by atoms with E-state index in [1.807, 2.05) is 0 Å². The number of benzene rings is 9. The maximum Gasteiger partial charge on any atom is 0.252 e. The number of anilines is 6. The molecule has 9 aromatic carbocycles. The molecular formula is C69H66BN3. The third-order valence-electron chi connectivity index (χ3n) is 16.0. The summed E-state index contributed by atoms with van der Waals surface area (Å²) in [5.74, 6) is 0. The first-order valence-corrected chi connectivity index (χ1v) is 26.3. The van der Waals surface area contributed by atoms with Gasteiger partial charge >= 0.3 is 0 Å². The highest BCUT2D eigenvalue weighted by Crippen LogP contribution is 2.51. The van der Waals surface area contributed by atoms with E-state index in [1.165, 1.54) is 128 Å². The molecule has 2 aliphatic rings. The molecule has 0 N–H and O–H groups in total. The number of fused-ring (bicyclic) bond motifs is 7. The third kappa shape index (κ3) is 7.55. The Kier molecular flexibility index (Phi) is 10.7. The standard InChI is InChI=1S/C69H66BN3/c1-43-29-33-60(54(37-43)50-23-15-13-21-44(50)2)72-62-35-31-47(68(7,8)9)39-56(62)70-57-40-48(69(10,11)12)32-36-63(57)73(61-34-30-46(67(4,5)6)38-55(61)51-24-16-14-22-45(51)3)65-42-49(41-64(72)66(65)70)71-58-27-19-17-25-52(58)53-26-18-20-28-59(53)71/h13-42H,1-12H3. The zero-order chi connectivity index (χ0) is 50.9. The van der Waals surface area contributed by atoms with Gasteiger partial charge in [-0.25, -0.2) is 0 Å². The molecule has 0 unspecified atom stereocenters. The minimum Gasteiger partial charge on any atom is -0.311 e. The molecule has 10 aromatic rings. The molecule has 0 saturated carbocycles. The first-order valence-electron chi connectivity index (χ1n) is 26.3. The first-order chi connectivity index (χ1) is 34.9. The van der Waals surface area contributed by atoms with Gasteiger partial charge < -0.3 is 14.4 Å². The van der Waals surface area contributed by atoms with Crippen LogP contribution in [-0.4, -0.2) is 11.3 Å². The number of hydrogen-bond donors (Lipinski definition) is 0. The van der Waals surface area contributed by atoms with Gasteiger partial charge in [-0.3, -0.25) is 0 Å². The van der Waals surface area contributed by atoms with Crippen molar-refractivity contribution in [2.24, 2.45) is 0 Å². The minimum atomic E-state index is -0.0782. The summed E-state index contributed by atoms with van der Waals surface area (Å²) < 4.78 is 2.52. The van der Waals surface area contributed by atoms with Crippen LogP contribution in [0, 0.1) is 20.8 Å². The Morgan fingerprint density at radius 3 is 1.21 bits per heavy atom. The average Bonchev–Trinajstić information content (AvgIpc) is 3.70. The summed E-state index contributed by atoms with van der Waals surface area (Å²) in [5, 5.41) is 2.49. The summed E-state index contributed by atoms with van der Waals surface area (Å²) in [6, 6.07) is 69.9. The Balaban J connectivity index is 1.29. The summed E-state index contributed by atoms with van der Waals surface area (Å²) in [4.78, 5) is 5.29. The molecule has 0 spiro atoms. The van der Waals surface area contributed by atoms with Crippen LogP contribution in [0.5, 0.6) is 0 Å². The Hall–Kier alpha value is -7.56. The molecule has 0 bridgehead atoms. The predicted molar refractivity (Wildman–Crippen MR) is 316 cm³/mol. The van der Waals surface area contributed by atoms with Gasteiger partial charge in [-0.1, -0.05) is 189 Å². The highest BCUT2D eigenvalue weighted by atomic mass is 15.2. The number of hydrogen-bond acceptors (Lipinski definition) is 2. The van der Waals surface area contributed by atoms with Crippen molar-refractivity contribution in [3.05, 3.63) is 215 Å². The second kappa shape index (κ2) is 16.8. The van der Waals surface area contributed by atoms with E-state index < -0.39 is 0 Å². The first kappa shape index (κ1) is 46.5. The van der Waals surface area contributed by atoms with E-state index in [9.17, 15) is 0 Å². The topological polar surface area (TPSA) is 11.4 Å². The lowest BCUT2D eigenvalue weighted by Crippen LogP contribution is -2.61. The smallest absolute Gasteiger partial charge is 0.252 e. The lowest BCUT2D eigenvalue weighted by molar-refractivity contribution is 0.590. The molecule has 4 heteroatoms. The molecule has 3 nitrogen and oxygen atoms in total. The maximum atomic E-state index is 2.65. The number of aryl methyl sites for hydroxylation is 3. The quantitative estimate of drug-likeness (QED) is 0.159. The van der Waals surface area contributed by atoms with Crippen molar-refractivity contribution in [1.82, 2.24) is 4.57 Å². The van der Waals surface area contributed by atoms with Crippen LogP contribution < -0.4 is 26.2 Å². The molecule has 0 saturated heterocycles. The fraction of sp³-hybridized carbons (Fsp3) is 0.217. The fourth-order valence-electron chi connectivity index (χ4n) is 12.0. The maximum absolute atomic E-state index is 2.65. The molecule has 0 aliphatic carbocycles. The largest absolute Gasteiger partial charge is 0.311 e. The Morgan fingerprint density at radius 1 is 0.342 bits per heavy atom. The van der Waals surface area contributed by atoms with E-state index in [1.54, 1.807) is 0 Å². The van der Waals surface area contributed by atoms with Gasteiger partial charge in [0.05, 0.1) is 28.1 Å². The van der Waals surface area contributed by atoms with E-state index in [2.05, 4.69) is 279 Å². The number of nitrogens with zero attached hydrogens (tertiary/aromatic N) is 3. The van der Waals surface area contributed by atoms with Crippen LogP contribution in [0.25, 0.3) is 49.7 Å². The zero-order valence-electron chi connectivity index (χ0n) is 44.7. The van der Waals surface area contributed by atoms with Gasteiger partial charge in [0, 0.05) is 44.6 Å². The van der Waals surface area contributed by atoms with Crippen molar-refractivity contribution in [2.75, 3.05) is 9.80 Å². The second-order valence-electron chi connectivity index (χ2n) is 24.1.